The predicted octanol–water partition coefficient (Wildman–Crippen LogP) is 4.02. The summed E-state index contributed by atoms with van der Waals surface area (Å²) < 4.78 is 2.12. The number of amides is 4. The monoisotopic (exact) mass is 379 g/mol. The quantitative estimate of drug-likeness (QED) is 0.647. The van der Waals surface area contributed by atoms with Crippen molar-refractivity contribution in [2.75, 3.05) is 0 Å². The summed E-state index contributed by atoms with van der Waals surface area (Å²) in [6.07, 6.45) is 8.30. The molecule has 6 nitrogen and oxygen atoms in total. The van der Waals surface area contributed by atoms with Gasteiger partial charge in [-0.05, 0) is 38.8 Å². The third kappa shape index (κ3) is 3.13. The molecule has 6 heteroatoms. The molecule has 0 radical (unpaired) electrons. The number of rotatable bonds is 3. The van der Waals surface area contributed by atoms with Crippen molar-refractivity contribution in [2.24, 2.45) is 0 Å². The Hall–Kier alpha value is -2.89. The molecule has 1 aromatic carbocycles. The van der Waals surface area contributed by atoms with Crippen LogP contribution in [0.1, 0.15) is 57.6 Å². The first-order chi connectivity index (χ1) is 13.5. The average molecular weight is 379 g/mol. The highest BCUT2D eigenvalue weighted by Crippen LogP contribution is 2.29. The van der Waals surface area contributed by atoms with E-state index in [0.29, 0.717) is 0 Å². The van der Waals surface area contributed by atoms with Gasteiger partial charge in [0.1, 0.15) is 5.57 Å². The van der Waals surface area contributed by atoms with E-state index in [2.05, 4.69) is 23.7 Å². The normalized spacial score (nSPS) is 20.5. The Balaban J connectivity index is 1.76. The second-order valence-electron chi connectivity index (χ2n) is 7.89. The summed E-state index contributed by atoms with van der Waals surface area (Å²) in [6, 6.07) is 7.44. The van der Waals surface area contributed by atoms with Crippen LogP contribution >= 0.6 is 0 Å². The minimum atomic E-state index is -0.622. The molecule has 1 N–H and O–H groups in total. The molecule has 146 valence electrons. The van der Waals surface area contributed by atoms with Crippen molar-refractivity contribution in [1.82, 2.24) is 14.8 Å². The second-order valence-corrected chi connectivity index (χ2v) is 7.89. The fourth-order valence-electron chi connectivity index (χ4n) is 4.27. The first-order valence-corrected chi connectivity index (χ1v) is 9.97. The van der Waals surface area contributed by atoms with E-state index in [1.165, 1.54) is 4.90 Å². The van der Waals surface area contributed by atoms with Crippen LogP contribution in [0.15, 0.2) is 36.0 Å². The molecule has 2 aromatic rings. The number of carbonyl (C=O) groups is 3. The number of barbiturate groups is 1. The van der Waals surface area contributed by atoms with Gasteiger partial charge < -0.3 is 4.57 Å². The van der Waals surface area contributed by atoms with Crippen molar-refractivity contribution in [1.29, 1.82) is 0 Å². The molecule has 0 bridgehead atoms. The van der Waals surface area contributed by atoms with Crippen LogP contribution in [-0.4, -0.2) is 33.4 Å². The third-order valence-corrected chi connectivity index (χ3v) is 5.70. The number of imide groups is 2. The van der Waals surface area contributed by atoms with Crippen LogP contribution in [0.3, 0.4) is 0 Å². The Bertz CT molecular complexity index is 980. The minimum Gasteiger partial charge on any atom is -0.344 e. The largest absolute Gasteiger partial charge is 0.344 e. The number of urea groups is 1. The van der Waals surface area contributed by atoms with Gasteiger partial charge in [0.2, 0.25) is 0 Å². The van der Waals surface area contributed by atoms with Crippen LogP contribution in [0, 0.1) is 0 Å². The highest BCUT2D eigenvalue weighted by Gasteiger charge is 2.40. The van der Waals surface area contributed by atoms with Gasteiger partial charge in [0, 0.05) is 34.7 Å². The van der Waals surface area contributed by atoms with Gasteiger partial charge in [0.25, 0.3) is 11.8 Å². The number of para-hydroxylation sites is 1. The smallest absolute Gasteiger partial charge is 0.331 e. The van der Waals surface area contributed by atoms with Crippen LogP contribution < -0.4 is 5.32 Å². The van der Waals surface area contributed by atoms with Crippen molar-refractivity contribution in [3.63, 3.8) is 0 Å². The van der Waals surface area contributed by atoms with Crippen molar-refractivity contribution < 1.29 is 14.4 Å². The number of nitrogens with zero attached hydrogens (tertiary/aromatic N) is 2. The Morgan fingerprint density at radius 2 is 1.79 bits per heavy atom. The molecule has 4 amide bonds. The number of hydrogen-bond donors (Lipinski definition) is 1. The lowest BCUT2D eigenvalue weighted by atomic mass is 9.93. The second kappa shape index (κ2) is 7.26. The predicted molar refractivity (Wildman–Crippen MR) is 108 cm³/mol. The standard InChI is InChI=1S/C22H25N3O3/c1-14(2)24-13-15(17-10-6-7-11-19(17)24)12-18-20(26)23-22(28)25(21(18)27)16-8-4-3-5-9-16/h6-7,10-14,16H,3-5,8-9H2,1-2H3,(H,23,26,28). The number of fused-ring (bicyclic) bond motifs is 1. The maximum atomic E-state index is 13.1. The van der Waals surface area contributed by atoms with E-state index in [1.807, 2.05) is 30.5 Å². The first kappa shape index (κ1) is 18.5. The van der Waals surface area contributed by atoms with Gasteiger partial charge in [-0.2, -0.15) is 0 Å². The van der Waals surface area contributed by atoms with Gasteiger partial charge in [0.05, 0.1) is 0 Å². The topological polar surface area (TPSA) is 71.4 Å². The molecule has 1 saturated carbocycles. The Morgan fingerprint density at radius 1 is 1.07 bits per heavy atom. The number of carbonyl (C=O) groups excluding carboxylic acids is 3. The lowest BCUT2D eigenvalue weighted by Crippen LogP contribution is -2.58. The Kier molecular flexibility index (Phi) is 4.79. The third-order valence-electron chi connectivity index (χ3n) is 5.70. The molecule has 0 unspecified atom stereocenters. The number of hydrogen-bond acceptors (Lipinski definition) is 3. The van der Waals surface area contributed by atoms with E-state index >= 15 is 0 Å². The van der Waals surface area contributed by atoms with E-state index in [1.54, 1.807) is 6.08 Å². The van der Waals surface area contributed by atoms with Crippen LogP contribution in [0.25, 0.3) is 17.0 Å². The van der Waals surface area contributed by atoms with Crippen LogP contribution in [-0.2, 0) is 9.59 Å². The van der Waals surface area contributed by atoms with Gasteiger partial charge in [-0.25, -0.2) is 4.79 Å². The fraction of sp³-hybridized carbons (Fsp3) is 0.409. The zero-order valence-corrected chi connectivity index (χ0v) is 16.3. The molecule has 28 heavy (non-hydrogen) atoms. The van der Waals surface area contributed by atoms with Crippen LogP contribution in [0.5, 0.6) is 0 Å². The van der Waals surface area contributed by atoms with E-state index < -0.39 is 17.8 Å². The highest BCUT2D eigenvalue weighted by atomic mass is 16.2. The van der Waals surface area contributed by atoms with Gasteiger partial charge in [0.15, 0.2) is 0 Å². The lowest BCUT2D eigenvalue weighted by Gasteiger charge is -2.35. The summed E-state index contributed by atoms with van der Waals surface area (Å²) >= 11 is 0. The van der Waals surface area contributed by atoms with E-state index in [9.17, 15) is 14.4 Å². The molecule has 0 atom stereocenters. The maximum absolute atomic E-state index is 13.1. The van der Waals surface area contributed by atoms with Crippen molar-refractivity contribution in [2.45, 2.75) is 58.0 Å². The average Bonchev–Trinajstić information content (AvgIpc) is 3.05. The molecule has 2 aliphatic rings. The molecule has 1 aromatic heterocycles. The molecule has 0 spiro atoms. The van der Waals surface area contributed by atoms with Gasteiger partial charge >= 0.3 is 6.03 Å². The zero-order chi connectivity index (χ0) is 19.8. The molecule has 1 aliphatic heterocycles. The fourth-order valence-corrected chi connectivity index (χ4v) is 4.27. The number of nitrogens with one attached hydrogen (secondary N) is 1. The Labute approximate surface area is 164 Å². The molecular formula is C22H25N3O3. The number of aromatic nitrogens is 1. The van der Waals surface area contributed by atoms with Gasteiger partial charge in [-0.15, -0.1) is 0 Å². The summed E-state index contributed by atoms with van der Waals surface area (Å²) in [5.74, 6) is -1.11. The summed E-state index contributed by atoms with van der Waals surface area (Å²) in [4.78, 5) is 39.2. The minimum absolute atomic E-state index is 0.0248. The lowest BCUT2D eigenvalue weighted by molar-refractivity contribution is -0.132. The molecular weight excluding hydrogens is 354 g/mol. The highest BCUT2D eigenvalue weighted by molar-refractivity contribution is 6.31. The van der Waals surface area contributed by atoms with Gasteiger partial charge in [-0.3, -0.25) is 19.8 Å². The molecule has 1 aliphatic carbocycles. The molecule has 2 fully saturated rings. The van der Waals surface area contributed by atoms with E-state index in [0.717, 1.165) is 48.6 Å². The van der Waals surface area contributed by atoms with Crippen LogP contribution in [0.2, 0.25) is 0 Å². The maximum Gasteiger partial charge on any atom is 0.331 e. The molecule has 2 heterocycles. The summed E-state index contributed by atoms with van der Waals surface area (Å²) in [5.41, 5.74) is 1.88. The summed E-state index contributed by atoms with van der Waals surface area (Å²) in [7, 11) is 0. The van der Waals surface area contributed by atoms with Crippen molar-refractivity contribution >= 4 is 34.8 Å². The molecule has 4 rings (SSSR count). The van der Waals surface area contributed by atoms with Crippen LogP contribution in [0.4, 0.5) is 4.79 Å². The summed E-state index contributed by atoms with van der Waals surface area (Å²) in [6.45, 7) is 4.18. The first-order valence-electron chi connectivity index (χ1n) is 9.97. The Morgan fingerprint density at radius 3 is 2.50 bits per heavy atom. The summed E-state index contributed by atoms with van der Waals surface area (Å²) in [5, 5.41) is 3.33. The SMILES string of the molecule is CC(C)n1cc(C=C2C(=O)NC(=O)N(C3CCCCC3)C2=O)c2ccccc21. The van der Waals surface area contributed by atoms with Crippen molar-refractivity contribution in [3.05, 3.63) is 41.6 Å². The van der Waals surface area contributed by atoms with E-state index in [4.69, 9.17) is 0 Å². The zero-order valence-electron chi connectivity index (χ0n) is 16.3. The van der Waals surface area contributed by atoms with Crippen molar-refractivity contribution in [3.8, 4) is 0 Å². The van der Waals surface area contributed by atoms with E-state index in [-0.39, 0.29) is 17.7 Å². The van der Waals surface area contributed by atoms with Gasteiger partial charge in [-0.1, -0.05) is 37.5 Å². The molecule has 1 saturated heterocycles. The number of benzene rings is 1.